The lowest BCUT2D eigenvalue weighted by molar-refractivity contribution is 0.685. The topological polar surface area (TPSA) is 37.8 Å². The highest BCUT2D eigenvalue weighted by Gasteiger charge is 2.14. The first-order valence-electron chi connectivity index (χ1n) is 6.89. The predicted octanol–water partition coefficient (Wildman–Crippen LogP) is 5.08. The molecular formula is C16H16ClN3S. The van der Waals surface area contributed by atoms with E-state index in [0.717, 1.165) is 27.9 Å². The fourth-order valence-electron chi connectivity index (χ4n) is 2.10. The van der Waals surface area contributed by atoms with E-state index in [2.05, 4.69) is 46.6 Å². The lowest BCUT2D eigenvalue weighted by Crippen LogP contribution is -2.10. The van der Waals surface area contributed by atoms with Gasteiger partial charge in [-0.2, -0.15) is 0 Å². The highest BCUT2D eigenvalue weighted by Crippen LogP contribution is 2.37. The van der Waals surface area contributed by atoms with Gasteiger partial charge in [0.2, 0.25) is 5.95 Å². The van der Waals surface area contributed by atoms with Crippen molar-refractivity contribution in [2.75, 3.05) is 11.9 Å². The third-order valence-corrected chi connectivity index (χ3v) is 4.29. The highest BCUT2D eigenvalue weighted by molar-refractivity contribution is 7.17. The average molecular weight is 318 g/mol. The normalized spacial score (nSPS) is 11.2. The molecule has 0 aliphatic heterocycles. The van der Waals surface area contributed by atoms with Crippen LogP contribution in [0.25, 0.3) is 21.3 Å². The summed E-state index contributed by atoms with van der Waals surface area (Å²) >= 11 is 7.99. The van der Waals surface area contributed by atoms with E-state index in [4.69, 9.17) is 11.6 Å². The Bertz CT molecular complexity index is 753. The Balaban J connectivity index is 2.03. The summed E-state index contributed by atoms with van der Waals surface area (Å²) in [6.07, 6.45) is 0. The van der Waals surface area contributed by atoms with Crippen LogP contribution >= 0.6 is 22.9 Å². The second kappa shape index (κ2) is 6.00. The van der Waals surface area contributed by atoms with Crippen molar-refractivity contribution in [3.05, 3.63) is 40.9 Å². The number of rotatable bonds is 4. The molecule has 0 radical (unpaired) electrons. The number of nitrogens with one attached hydrogen (secondary N) is 1. The van der Waals surface area contributed by atoms with E-state index < -0.39 is 0 Å². The lowest BCUT2D eigenvalue weighted by atomic mass is 10.1. The maximum Gasteiger partial charge on any atom is 0.225 e. The molecule has 108 valence electrons. The van der Waals surface area contributed by atoms with Crippen molar-refractivity contribution in [1.29, 1.82) is 0 Å². The van der Waals surface area contributed by atoms with Crippen LogP contribution in [-0.2, 0) is 0 Å². The minimum atomic E-state index is 0.506. The summed E-state index contributed by atoms with van der Waals surface area (Å²) < 4.78 is 0. The molecule has 0 aliphatic rings. The Morgan fingerprint density at radius 2 is 1.95 bits per heavy atom. The van der Waals surface area contributed by atoms with Crippen LogP contribution in [0.4, 0.5) is 5.95 Å². The summed E-state index contributed by atoms with van der Waals surface area (Å²) in [4.78, 5) is 9.86. The number of benzene rings is 1. The Morgan fingerprint density at radius 3 is 2.67 bits per heavy atom. The molecule has 0 bridgehead atoms. The molecule has 0 spiro atoms. The van der Waals surface area contributed by atoms with Gasteiger partial charge in [0.25, 0.3) is 0 Å². The molecule has 1 N–H and O–H groups in total. The van der Waals surface area contributed by atoms with E-state index in [1.807, 2.05) is 18.2 Å². The van der Waals surface area contributed by atoms with Gasteiger partial charge >= 0.3 is 0 Å². The maximum absolute atomic E-state index is 6.39. The quantitative estimate of drug-likeness (QED) is 0.682. The van der Waals surface area contributed by atoms with Crippen molar-refractivity contribution in [2.45, 2.75) is 13.8 Å². The third-order valence-electron chi connectivity index (χ3n) is 3.14. The molecule has 3 rings (SSSR count). The minimum absolute atomic E-state index is 0.506. The molecule has 1 aromatic carbocycles. The highest BCUT2D eigenvalue weighted by atomic mass is 35.5. The summed E-state index contributed by atoms with van der Waals surface area (Å²) in [5.74, 6) is 1.13. The molecule has 21 heavy (non-hydrogen) atoms. The molecule has 0 saturated heterocycles. The fraction of sp³-hybridized carbons (Fsp3) is 0.250. The molecule has 2 aromatic heterocycles. The van der Waals surface area contributed by atoms with Crippen LogP contribution in [0, 0.1) is 5.92 Å². The van der Waals surface area contributed by atoms with Gasteiger partial charge in [0.15, 0.2) is 0 Å². The van der Waals surface area contributed by atoms with Crippen LogP contribution in [-0.4, -0.2) is 16.5 Å². The second-order valence-electron chi connectivity index (χ2n) is 5.31. The molecule has 0 saturated carbocycles. The third kappa shape index (κ3) is 3.01. The van der Waals surface area contributed by atoms with Crippen LogP contribution in [0.3, 0.4) is 0 Å². The van der Waals surface area contributed by atoms with E-state index in [1.165, 1.54) is 0 Å². The Morgan fingerprint density at radius 1 is 1.19 bits per heavy atom. The van der Waals surface area contributed by atoms with Gasteiger partial charge < -0.3 is 5.32 Å². The first-order chi connectivity index (χ1) is 10.1. The number of thiophene rings is 1. The van der Waals surface area contributed by atoms with Crippen LogP contribution in [0.5, 0.6) is 0 Å². The molecule has 0 unspecified atom stereocenters. The summed E-state index contributed by atoms with van der Waals surface area (Å²) in [5, 5.41) is 6.76. The number of aromatic nitrogens is 2. The number of fused-ring (bicyclic) bond motifs is 1. The summed E-state index contributed by atoms with van der Waals surface area (Å²) in [5.41, 5.74) is 2.23. The molecule has 5 heteroatoms. The van der Waals surface area contributed by atoms with E-state index in [9.17, 15) is 0 Å². The Kier molecular flexibility index (Phi) is 4.08. The zero-order valence-electron chi connectivity index (χ0n) is 11.9. The second-order valence-corrected chi connectivity index (χ2v) is 6.52. The predicted molar refractivity (Wildman–Crippen MR) is 91.2 cm³/mol. The van der Waals surface area contributed by atoms with Gasteiger partial charge in [0.1, 0.15) is 9.98 Å². The molecule has 0 amide bonds. The van der Waals surface area contributed by atoms with Crippen LogP contribution in [0.2, 0.25) is 5.15 Å². The molecule has 0 atom stereocenters. The van der Waals surface area contributed by atoms with Gasteiger partial charge in [-0.25, -0.2) is 9.97 Å². The first kappa shape index (κ1) is 14.3. The minimum Gasteiger partial charge on any atom is -0.354 e. The Labute approximate surface area is 133 Å². The van der Waals surface area contributed by atoms with Gasteiger partial charge in [-0.3, -0.25) is 0 Å². The fourth-order valence-corrected chi connectivity index (χ4v) is 3.38. The lowest BCUT2D eigenvalue weighted by Gasteiger charge is -2.08. The van der Waals surface area contributed by atoms with Gasteiger partial charge in [-0.05, 0) is 11.5 Å². The van der Waals surface area contributed by atoms with Crippen molar-refractivity contribution in [1.82, 2.24) is 9.97 Å². The van der Waals surface area contributed by atoms with Crippen molar-refractivity contribution in [2.24, 2.45) is 5.92 Å². The molecular weight excluding hydrogens is 302 g/mol. The van der Waals surface area contributed by atoms with Crippen LogP contribution in [0.15, 0.2) is 35.7 Å². The Hall–Kier alpha value is -1.65. The largest absolute Gasteiger partial charge is 0.354 e. The smallest absolute Gasteiger partial charge is 0.225 e. The monoisotopic (exact) mass is 317 g/mol. The molecule has 3 aromatic rings. The van der Waals surface area contributed by atoms with Crippen LogP contribution < -0.4 is 5.32 Å². The van der Waals surface area contributed by atoms with E-state index in [1.54, 1.807) is 11.3 Å². The molecule has 0 aliphatic carbocycles. The standard InChI is InChI=1S/C16H16ClN3S/c1-10(2)8-18-16-19-14(17)13-12(9-21-15(13)20-16)11-6-4-3-5-7-11/h3-7,9-10H,8H2,1-2H3,(H,18,19,20). The van der Waals surface area contributed by atoms with Gasteiger partial charge in [-0.15, -0.1) is 11.3 Å². The molecule has 0 fully saturated rings. The summed E-state index contributed by atoms with van der Waals surface area (Å²) in [6, 6.07) is 10.2. The molecule has 3 nitrogen and oxygen atoms in total. The van der Waals surface area contributed by atoms with Gasteiger partial charge in [-0.1, -0.05) is 55.8 Å². The van der Waals surface area contributed by atoms with Crippen LogP contribution in [0.1, 0.15) is 13.8 Å². The number of halogens is 1. The maximum atomic E-state index is 6.39. The van der Waals surface area contributed by atoms with E-state index in [-0.39, 0.29) is 0 Å². The number of hydrogen-bond acceptors (Lipinski definition) is 4. The van der Waals surface area contributed by atoms with Crippen molar-refractivity contribution in [3.8, 4) is 11.1 Å². The van der Waals surface area contributed by atoms with Crippen molar-refractivity contribution in [3.63, 3.8) is 0 Å². The zero-order chi connectivity index (χ0) is 14.8. The van der Waals surface area contributed by atoms with E-state index >= 15 is 0 Å². The summed E-state index contributed by atoms with van der Waals surface area (Å²) in [6.45, 7) is 5.12. The van der Waals surface area contributed by atoms with Gasteiger partial charge in [0, 0.05) is 17.5 Å². The SMILES string of the molecule is CC(C)CNc1nc(Cl)c2c(-c3ccccc3)csc2n1. The summed E-state index contributed by atoms with van der Waals surface area (Å²) in [7, 11) is 0. The first-order valence-corrected chi connectivity index (χ1v) is 8.15. The average Bonchev–Trinajstić information content (AvgIpc) is 2.90. The van der Waals surface area contributed by atoms with Crippen molar-refractivity contribution < 1.29 is 0 Å². The number of nitrogens with zero attached hydrogens (tertiary/aromatic N) is 2. The van der Waals surface area contributed by atoms with E-state index in [0.29, 0.717) is 17.0 Å². The van der Waals surface area contributed by atoms with Gasteiger partial charge in [0.05, 0.1) is 5.39 Å². The molecule has 2 heterocycles. The number of anilines is 1. The number of hydrogen-bond donors (Lipinski definition) is 1. The van der Waals surface area contributed by atoms with Crippen molar-refractivity contribution >= 4 is 39.1 Å². The zero-order valence-corrected chi connectivity index (χ0v) is 13.5.